The molecule has 3 aromatic carbocycles. The minimum absolute atomic E-state index is 0.000273. The molecule has 0 spiro atoms. The summed E-state index contributed by atoms with van der Waals surface area (Å²) in [6.07, 6.45) is 1.58. The Balaban J connectivity index is 1.64. The van der Waals surface area contributed by atoms with Gasteiger partial charge in [-0.3, -0.25) is 24.5 Å². The van der Waals surface area contributed by atoms with Crippen LogP contribution in [0.4, 0.5) is 5.69 Å². The molecule has 0 aliphatic carbocycles. The summed E-state index contributed by atoms with van der Waals surface area (Å²) in [5.41, 5.74) is 2.55. The maximum atomic E-state index is 13.6. The zero-order valence-corrected chi connectivity index (χ0v) is 22.5. The predicted octanol–water partition coefficient (Wildman–Crippen LogP) is 6.38. The fraction of sp³-hybridized carbons (Fsp3) is 0.0370. The number of hydrogen-bond acceptors (Lipinski definition) is 5. The maximum absolute atomic E-state index is 13.6. The maximum Gasteiger partial charge on any atom is 0.270 e. The van der Waals surface area contributed by atoms with E-state index in [2.05, 4.69) is 5.32 Å². The van der Waals surface area contributed by atoms with Crippen molar-refractivity contribution in [3.8, 4) is 11.3 Å². The molecule has 6 nitrogen and oxygen atoms in total. The molecule has 2 heterocycles. The molecule has 1 fully saturated rings. The summed E-state index contributed by atoms with van der Waals surface area (Å²) in [5, 5.41) is 9.27. The van der Waals surface area contributed by atoms with Crippen molar-refractivity contribution in [1.82, 2.24) is 15.1 Å². The molecule has 1 aliphatic rings. The number of aryl methyl sites for hydroxylation is 1. The van der Waals surface area contributed by atoms with E-state index in [0.717, 1.165) is 15.5 Å². The Kier molecular flexibility index (Phi) is 7.17. The molecule has 184 valence electrons. The van der Waals surface area contributed by atoms with E-state index in [1.165, 1.54) is 16.7 Å². The minimum atomic E-state index is -0.578. The van der Waals surface area contributed by atoms with Gasteiger partial charge in [-0.25, -0.2) is 0 Å². The van der Waals surface area contributed by atoms with E-state index in [4.69, 9.17) is 40.5 Å². The number of hydrogen-bond donors (Lipinski definition) is 1. The molecule has 0 unspecified atom stereocenters. The predicted molar refractivity (Wildman–Crippen MR) is 152 cm³/mol. The number of aromatic nitrogens is 2. The number of carbonyl (C=O) groups is 2. The summed E-state index contributed by atoms with van der Waals surface area (Å²) < 4.78 is 1.74. The van der Waals surface area contributed by atoms with E-state index in [9.17, 15) is 9.59 Å². The number of amides is 2. The smallest absolute Gasteiger partial charge is 0.270 e. The van der Waals surface area contributed by atoms with Crippen LogP contribution in [0.2, 0.25) is 10.0 Å². The normalized spacial score (nSPS) is 14.8. The van der Waals surface area contributed by atoms with Crippen LogP contribution < -0.4 is 10.2 Å². The van der Waals surface area contributed by atoms with Gasteiger partial charge in [0.25, 0.3) is 11.8 Å². The van der Waals surface area contributed by atoms with Crippen molar-refractivity contribution >= 4 is 75.9 Å². The van der Waals surface area contributed by atoms with Crippen LogP contribution >= 0.6 is 47.2 Å². The molecule has 1 saturated heterocycles. The van der Waals surface area contributed by atoms with Crippen molar-refractivity contribution in [3.63, 3.8) is 0 Å². The third-order valence-corrected chi connectivity index (χ3v) is 7.55. The van der Waals surface area contributed by atoms with Crippen molar-refractivity contribution in [2.75, 3.05) is 4.90 Å². The summed E-state index contributed by atoms with van der Waals surface area (Å²) in [6.45, 7) is 0. The van der Waals surface area contributed by atoms with Crippen molar-refractivity contribution in [3.05, 3.63) is 100 Å². The second-order valence-electron chi connectivity index (χ2n) is 8.05. The largest absolute Gasteiger partial charge is 0.298 e. The van der Waals surface area contributed by atoms with Crippen molar-refractivity contribution in [1.29, 1.82) is 0 Å². The Morgan fingerprint density at radius 3 is 2.19 bits per heavy atom. The Hall–Kier alpha value is -3.43. The van der Waals surface area contributed by atoms with Crippen molar-refractivity contribution in [2.45, 2.75) is 9.92 Å². The van der Waals surface area contributed by atoms with Gasteiger partial charge in [-0.2, -0.15) is 5.10 Å². The molecule has 1 N–H and O–H groups in total. The first-order valence-electron chi connectivity index (χ1n) is 11.0. The van der Waals surface area contributed by atoms with E-state index in [-0.39, 0.29) is 10.7 Å². The molecule has 5 rings (SSSR count). The summed E-state index contributed by atoms with van der Waals surface area (Å²) in [4.78, 5) is 28.9. The van der Waals surface area contributed by atoms with Gasteiger partial charge in [-0.1, -0.05) is 65.3 Å². The lowest BCUT2D eigenvalue weighted by Crippen LogP contribution is -2.54. The first-order valence-corrected chi connectivity index (χ1v) is 13.0. The van der Waals surface area contributed by atoms with Crippen LogP contribution in [0.25, 0.3) is 17.3 Å². The highest BCUT2D eigenvalue weighted by molar-refractivity contribution is 7.99. The number of nitrogens with one attached hydrogen (secondary N) is 1. The van der Waals surface area contributed by atoms with Crippen LogP contribution in [0.15, 0.2) is 94.4 Å². The van der Waals surface area contributed by atoms with E-state index < -0.39 is 11.8 Å². The Morgan fingerprint density at radius 1 is 0.919 bits per heavy atom. The molecule has 2 amide bonds. The van der Waals surface area contributed by atoms with Gasteiger partial charge in [0.1, 0.15) is 16.3 Å². The SMILES string of the molecule is Cn1nc(-c2ccccc2)c(/C=C2\C(=O)NC(=S)N(c3ccc(Cl)cc3)C2=O)c1Sc1ccc(Cl)cc1. The average molecular weight is 566 g/mol. The zero-order chi connectivity index (χ0) is 26.1. The molecular formula is C27H18Cl2N4O2S2. The topological polar surface area (TPSA) is 67.2 Å². The van der Waals surface area contributed by atoms with Gasteiger partial charge in [-0.15, -0.1) is 0 Å². The van der Waals surface area contributed by atoms with Crippen LogP contribution in [0.1, 0.15) is 5.56 Å². The van der Waals surface area contributed by atoms with Crippen LogP contribution in [0.5, 0.6) is 0 Å². The van der Waals surface area contributed by atoms with Crippen molar-refractivity contribution < 1.29 is 9.59 Å². The standard InChI is InChI=1S/C27H18Cl2N4O2S2/c1-32-26(37-20-13-9-18(29)10-14-20)21(23(31-32)16-5-3-2-4-6-16)15-22-24(34)30-27(36)33(25(22)35)19-11-7-17(28)8-12-19/h2-15H,1H3,(H,30,34,36)/b22-15+. The summed E-state index contributed by atoms with van der Waals surface area (Å²) in [5.74, 6) is -1.12. The Labute approximate surface area is 232 Å². The quantitative estimate of drug-likeness (QED) is 0.173. The first-order chi connectivity index (χ1) is 17.8. The number of halogens is 2. The van der Waals surface area contributed by atoms with Gasteiger partial charge in [0.15, 0.2) is 5.11 Å². The van der Waals surface area contributed by atoms with Crippen LogP contribution in [-0.4, -0.2) is 26.7 Å². The number of thiocarbonyl (C=S) groups is 1. The second-order valence-corrected chi connectivity index (χ2v) is 10.4. The lowest BCUT2D eigenvalue weighted by Gasteiger charge is -2.29. The Bertz CT molecular complexity index is 1550. The molecule has 1 aromatic heterocycles. The molecule has 37 heavy (non-hydrogen) atoms. The summed E-state index contributed by atoms with van der Waals surface area (Å²) in [7, 11) is 1.82. The van der Waals surface area contributed by atoms with Crippen molar-refractivity contribution in [2.24, 2.45) is 7.05 Å². The lowest BCUT2D eigenvalue weighted by molar-refractivity contribution is -0.122. The van der Waals surface area contributed by atoms with Gasteiger partial charge in [-0.05, 0) is 66.8 Å². The van der Waals surface area contributed by atoms with E-state index in [0.29, 0.717) is 27.0 Å². The highest BCUT2D eigenvalue weighted by atomic mass is 35.5. The number of nitrogens with zero attached hydrogens (tertiary/aromatic N) is 3. The highest BCUT2D eigenvalue weighted by Crippen LogP contribution is 2.38. The average Bonchev–Trinajstić information content (AvgIpc) is 3.19. The van der Waals surface area contributed by atoms with Gasteiger partial charge in [0.2, 0.25) is 0 Å². The summed E-state index contributed by atoms with van der Waals surface area (Å²) >= 11 is 18.9. The highest BCUT2D eigenvalue weighted by Gasteiger charge is 2.35. The monoisotopic (exact) mass is 564 g/mol. The molecule has 1 aliphatic heterocycles. The lowest BCUT2D eigenvalue weighted by atomic mass is 10.0. The first kappa shape index (κ1) is 25.2. The zero-order valence-electron chi connectivity index (χ0n) is 19.3. The van der Waals surface area contributed by atoms with Crippen LogP contribution in [0.3, 0.4) is 0 Å². The van der Waals surface area contributed by atoms with E-state index in [1.807, 2.05) is 49.5 Å². The molecule has 0 atom stereocenters. The molecule has 0 bridgehead atoms. The fourth-order valence-electron chi connectivity index (χ4n) is 3.83. The number of anilines is 1. The fourth-order valence-corrected chi connectivity index (χ4v) is 5.29. The third-order valence-electron chi connectivity index (χ3n) is 5.58. The second kappa shape index (κ2) is 10.5. The molecule has 0 saturated carbocycles. The van der Waals surface area contributed by atoms with E-state index >= 15 is 0 Å². The van der Waals surface area contributed by atoms with Crippen LogP contribution in [-0.2, 0) is 16.6 Å². The number of benzene rings is 3. The molecule has 4 aromatic rings. The molecule has 0 radical (unpaired) electrons. The molecular weight excluding hydrogens is 547 g/mol. The minimum Gasteiger partial charge on any atom is -0.298 e. The van der Waals surface area contributed by atoms with Gasteiger partial charge in [0.05, 0.1) is 5.69 Å². The number of rotatable bonds is 5. The van der Waals surface area contributed by atoms with Gasteiger partial charge < -0.3 is 0 Å². The van der Waals surface area contributed by atoms with Gasteiger partial charge in [0, 0.05) is 33.1 Å². The van der Waals surface area contributed by atoms with Crippen LogP contribution in [0, 0.1) is 0 Å². The van der Waals surface area contributed by atoms with E-state index in [1.54, 1.807) is 47.2 Å². The number of carbonyl (C=O) groups excluding carboxylic acids is 2. The Morgan fingerprint density at radius 2 is 1.54 bits per heavy atom. The van der Waals surface area contributed by atoms with Gasteiger partial charge >= 0.3 is 0 Å². The molecule has 10 heteroatoms. The third kappa shape index (κ3) is 5.19. The summed E-state index contributed by atoms with van der Waals surface area (Å²) in [6, 6.07) is 23.7.